The number of nitrogens with one attached hydrogen (secondary N) is 2. The maximum atomic E-state index is 12.7. The zero-order chi connectivity index (χ0) is 23.5. The molecule has 11 nitrogen and oxygen atoms in total. The van der Waals surface area contributed by atoms with Crippen LogP contribution in [0.15, 0.2) is 73.1 Å². The van der Waals surface area contributed by atoms with E-state index in [2.05, 4.69) is 41.5 Å². The van der Waals surface area contributed by atoms with Gasteiger partial charge in [0.1, 0.15) is 6.33 Å². The smallest absolute Gasteiger partial charge is 0.255 e. The minimum atomic E-state index is -0.235. The summed E-state index contributed by atoms with van der Waals surface area (Å²) in [7, 11) is 0. The van der Waals surface area contributed by atoms with Crippen LogP contribution in [0.25, 0.3) is 11.5 Å². The van der Waals surface area contributed by atoms with Gasteiger partial charge in [-0.3, -0.25) is 4.79 Å². The monoisotopic (exact) mass is 452 g/mol. The highest BCUT2D eigenvalue weighted by atomic mass is 16.1. The molecule has 0 saturated heterocycles. The number of carbonyl (C=O) groups is 1. The Kier molecular flexibility index (Phi) is 5.48. The Labute approximate surface area is 194 Å². The van der Waals surface area contributed by atoms with E-state index in [1.807, 2.05) is 62.4 Å². The molecule has 2 N–H and O–H groups in total. The van der Waals surface area contributed by atoms with Gasteiger partial charge in [-0.2, -0.15) is 5.10 Å². The lowest BCUT2D eigenvalue weighted by Crippen LogP contribution is -2.12. The second-order valence-corrected chi connectivity index (χ2v) is 7.58. The Balaban J connectivity index is 1.23. The van der Waals surface area contributed by atoms with Crippen molar-refractivity contribution in [2.45, 2.75) is 13.8 Å². The Morgan fingerprint density at radius 3 is 2.41 bits per heavy atom. The van der Waals surface area contributed by atoms with Gasteiger partial charge in [-0.1, -0.05) is 6.07 Å². The standard InChI is InChI=1S/C23H20N10O/c1-15-12-16(2)33(29-15)22-11-10-21(27-28-22)25-18-6-8-19(9-7-18)26-23(34)17-4-3-5-20(13-17)32-14-24-30-31-32/h3-14H,1-2H3,(H,25,27)(H,26,34). The summed E-state index contributed by atoms with van der Waals surface area (Å²) in [5.41, 5.74) is 4.58. The first-order chi connectivity index (χ1) is 16.5. The third kappa shape index (κ3) is 4.48. The molecule has 168 valence electrons. The summed E-state index contributed by atoms with van der Waals surface area (Å²) in [6.45, 7) is 3.91. The second kappa shape index (κ2) is 8.90. The molecule has 0 unspecified atom stereocenters. The lowest BCUT2D eigenvalue weighted by atomic mass is 10.2. The minimum absolute atomic E-state index is 0.235. The molecule has 5 rings (SSSR count). The van der Waals surface area contributed by atoms with E-state index >= 15 is 0 Å². The lowest BCUT2D eigenvalue weighted by molar-refractivity contribution is 0.102. The number of amides is 1. The fraction of sp³-hybridized carbons (Fsp3) is 0.0870. The van der Waals surface area contributed by atoms with Gasteiger partial charge in [-0.15, -0.1) is 15.3 Å². The van der Waals surface area contributed by atoms with Crippen molar-refractivity contribution in [3.63, 3.8) is 0 Å². The van der Waals surface area contributed by atoms with E-state index in [4.69, 9.17) is 0 Å². The second-order valence-electron chi connectivity index (χ2n) is 7.58. The van der Waals surface area contributed by atoms with Crippen LogP contribution in [-0.4, -0.2) is 46.1 Å². The van der Waals surface area contributed by atoms with Gasteiger partial charge in [0.05, 0.1) is 11.4 Å². The van der Waals surface area contributed by atoms with Crippen molar-refractivity contribution in [3.8, 4) is 11.5 Å². The van der Waals surface area contributed by atoms with Crippen LogP contribution in [0.3, 0.4) is 0 Å². The number of hydrogen-bond donors (Lipinski definition) is 2. The van der Waals surface area contributed by atoms with Crippen LogP contribution >= 0.6 is 0 Å². The lowest BCUT2D eigenvalue weighted by Gasteiger charge is -2.09. The summed E-state index contributed by atoms with van der Waals surface area (Å²) in [4.78, 5) is 12.7. The molecule has 5 aromatic rings. The summed E-state index contributed by atoms with van der Waals surface area (Å²) in [6, 6.07) is 20.0. The van der Waals surface area contributed by atoms with Gasteiger partial charge in [-0.05, 0) is 84.9 Å². The van der Waals surface area contributed by atoms with Gasteiger partial charge >= 0.3 is 0 Å². The molecule has 0 aliphatic heterocycles. The Morgan fingerprint density at radius 1 is 0.912 bits per heavy atom. The van der Waals surface area contributed by atoms with Gasteiger partial charge in [0.15, 0.2) is 11.6 Å². The van der Waals surface area contributed by atoms with Gasteiger partial charge < -0.3 is 10.6 Å². The zero-order valence-corrected chi connectivity index (χ0v) is 18.4. The number of rotatable bonds is 6. The fourth-order valence-corrected chi connectivity index (χ4v) is 3.42. The van der Waals surface area contributed by atoms with E-state index in [9.17, 15) is 4.79 Å². The third-order valence-electron chi connectivity index (χ3n) is 5.01. The fourth-order valence-electron chi connectivity index (χ4n) is 3.42. The van der Waals surface area contributed by atoms with Crippen LogP contribution in [0.5, 0.6) is 0 Å². The number of carbonyl (C=O) groups excluding carboxylic acids is 1. The van der Waals surface area contributed by atoms with Crippen LogP contribution in [-0.2, 0) is 0 Å². The molecule has 0 spiro atoms. The highest BCUT2D eigenvalue weighted by Gasteiger charge is 2.09. The molecule has 0 atom stereocenters. The molecule has 3 aromatic heterocycles. The van der Waals surface area contributed by atoms with Crippen LogP contribution < -0.4 is 10.6 Å². The Hall–Kier alpha value is -4.93. The number of aromatic nitrogens is 8. The van der Waals surface area contributed by atoms with Crippen LogP contribution in [0.1, 0.15) is 21.7 Å². The molecule has 0 fully saturated rings. The average molecular weight is 452 g/mol. The highest BCUT2D eigenvalue weighted by Crippen LogP contribution is 2.19. The van der Waals surface area contributed by atoms with Crippen molar-refractivity contribution < 1.29 is 4.79 Å². The number of anilines is 3. The maximum Gasteiger partial charge on any atom is 0.255 e. The van der Waals surface area contributed by atoms with Gasteiger partial charge in [0, 0.05) is 22.6 Å². The topological polar surface area (TPSA) is 128 Å². The van der Waals surface area contributed by atoms with Crippen molar-refractivity contribution in [1.29, 1.82) is 0 Å². The molecular weight excluding hydrogens is 432 g/mol. The average Bonchev–Trinajstić information content (AvgIpc) is 3.51. The van der Waals surface area contributed by atoms with Crippen LogP contribution in [0.2, 0.25) is 0 Å². The number of tetrazole rings is 1. The van der Waals surface area contributed by atoms with Crippen molar-refractivity contribution in [3.05, 3.63) is 90.0 Å². The molecule has 1 amide bonds. The van der Waals surface area contributed by atoms with Crippen molar-refractivity contribution in [1.82, 2.24) is 40.2 Å². The van der Waals surface area contributed by atoms with E-state index in [-0.39, 0.29) is 5.91 Å². The molecule has 3 heterocycles. The first kappa shape index (κ1) is 20.9. The predicted molar refractivity (Wildman–Crippen MR) is 125 cm³/mol. The van der Waals surface area contributed by atoms with E-state index < -0.39 is 0 Å². The van der Waals surface area contributed by atoms with Crippen LogP contribution in [0, 0.1) is 13.8 Å². The van der Waals surface area contributed by atoms with E-state index in [0.29, 0.717) is 28.6 Å². The van der Waals surface area contributed by atoms with Gasteiger partial charge in [0.2, 0.25) is 0 Å². The van der Waals surface area contributed by atoms with Crippen molar-refractivity contribution in [2.75, 3.05) is 10.6 Å². The predicted octanol–water partition coefficient (Wildman–Crippen LogP) is 3.25. The third-order valence-corrected chi connectivity index (χ3v) is 5.01. The van der Waals surface area contributed by atoms with Gasteiger partial charge in [-0.25, -0.2) is 9.36 Å². The van der Waals surface area contributed by atoms with E-state index in [1.54, 1.807) is 22.9 Å². The van der Waals surface area contributed by atoms with Crippen LogP contribution in [0.4, 0.5) is 17.2 Å². The molecule has 0 saturated carbocycles. The molecule has 0 aliphatic rings. The molecule has 0 aliphatic carbocycles. The Bertz CT molecular complexity index is 1420. The summed E-state index contributed by atoms with van der Waals surface area (Å²) < 4.78 is 3.24. The maximum absolute atomic E-state index is 12.7. The van der Waals surface area contributed by atoms with Gasteiger partial charge in [0.25, 0.3) is 5.91 Å². The van der Waals surface area contributed by atoms with Crippen molar-refractivity contribution in [2.24, 2.45) is 0 Å². The number of nitrogens with zero attached hydrogens (tertiary/aromatic N) is 8. The molecular formula is C23H20N10O. The largest absolute Gasteiger partial charge is 0.339 e. The van der Waals surface area contributed by atoms with Crippen molar-refractivity contribution >= 4 is 23.1 Å². The summed E-state index contributed by atoms with van der Waals surface area (Å²) in [6.07, 6.45) is 1.47. The number of hydrogen-bond acceptors (Lipinski definition) is 8. The number of benzene rings is 2. The highest BCUT2D eigenvalue weighted by molar-refractivity contribution is 6.04. The molecule has 0 radical (unpaired) electrons. The normalized spacial score (nSPS) is 10.8. The zero-order valence-electron chi connectivity index (χ0n) is 18.4. The van der Waals surface area contributed by atoms with E-state index in [1.165, 1.54) is 11.0 Å². The Morgan fingerprint density at radius 2 is 1.74 bits per heavy atom. The molecule has 2 aromatic carbocycles. The first-order valence-corrected chi connectivity index (χ1v) is 10.4. The minimum Gasteiger partial charge on any atom is -0.339 e. The summed E-state index contributed by atoms with van der Waals surface area (Å²) in [5, 5.41) is 30.1. The first-order valence-electron chi connectivity index (χ1n) is 10.4. The summed E-state index contributed by atoms with van der Waals surface area (Å²) >= 11 is 0. The molecule has 11 heteroatoms. The molecule has 0 bridgehead atoms. The SMILES string of the molecule is Cc1cc(C)n(-c2ccc(Nc3ccc(NC(=O)c4cccc(-n5cnnn5)c4)cc3)nn2)n1. The van der Waals surface area contributed by atoms with E-state index in [0.717, 1.165) is 17.1 Å². The molecule has 34 heavy (non-hydrogen) atoms. The quantitative estimate of drug-likeness (QED) is 0.402. The summed E-state index contributed by atoms with van der Waals surface area (Å²) in [5.74, 6) is 1.01. The number of aryl methyl sites for hydroxylation is 2.